The lowest BCUT2D eigenvalue weighted by Crippen LogP contribution is -2.40. The van der Waals surface area contributed by atoms with Gasteiger partial charge in [0, 0.05) is 19.5 Å². The number of allylic oxidation sites excluding steroid dienone is 2. The summed E-state index contributed by atoms with van der Waals surface area (Å²) in [5, 5.41) is 12.4. The van der Waals surface area contributed by atoms with Crippen LogP contribution in [0.3, 0.4) is 0 Å². The van der Waals surface area contributed by atoms with E-state index >= 15 is 0 Å². The van der Waals surface area contributed by atoms with Crippen molar-refractivity contribution in [3.05, 3.63) is 83.9 Å². The summed E-state index contributed by atoms with van der Waals surface area (Å²) in [6.07, 6.45) is 5.80. The Labute approximate surface area is 219 Å². The maximum absolute atomic E-state index is 13.1. The Hall–Kier alpha value is -3.45. The maximum atomic E-state index is 13.1. The number of carbonyl (C=O) groups excluding carboxylic acids is 3. The van der Waals surface area contributed by atoms with Crippen LogP contribution in [-0.4, -0.2) is 53.6 Å². The van der Waals surface area contributed by atoms with Crippen molar-refractivity contribution < 1.29 is 24.2 Å². The molecule has 0 saturated heterocycles. The molecule has 37 heavy (non-hydrogen) atoms. The van der Waals surface area contributed by atoms with E-state index in [4.69, 9.17) is 4.74 Å². The van der Waals surface area contributed by atoms with Gasteiger partial charge in [0.2, 0.25) is 11.8 Å². The van der Waals surface area contributed by atoms with Crippen LogP contribution in [0.2, 0.25) is 0 Å². The van der Waals surface area contributed by atoms with Crippen molar-refractivity contribution in [2.45, 2.75) is 51.7 Å². The fourth-order valence-electron chi connectivity index (χ4n) is 4.44. The molecule has 1 aliphatic rings. The molecule has 198 valence electrons. The summed E-state index contributed by atoms with van der Waals surface area (Å²) < 4.78 is 5.67. The summed E-state index contributed by atoms with van der Waals surface area (Å²) in [7, 11) is 0. The highest BCUT2D eigenvalue weighted by atomic mass is 16.5. The van der Waals surface area contributed by atoms with E-state index in [2.05, 4.69) is 5.32 Å². The minimum atomic E-state index is -0.551. The number of nitrogens with zero attached hydrogens (tertiary/aromatic N) is 1. The molecule has 0 fully saturated rings. The average molecular weight is 507 g/mol. The third-order valence-corrected chi connectivity index (χ3v) is 6.54. The highest BCUT2D eigenvalue weighted by Gasteiger charge is 2.26. The largest absolute Gasteiger partial charge is 0.461 e. The molecule has 0 aromatic heterocycles. The van der Waals surface area contributed by atoms with E-state index in [1.165, 1.54) is 0 Å². The summed E-state index contributed by atoms with van der Waals surface area (Å²) in [5.74, 6) is -1.51. The van der Waals surface area contributed by atoms with E-state index in [0.717, 1.165) is 11.1 Å². The highest BCUT2D eigenvalue weighted by molar-refractivity contribution is 5.86. The van der Waals surface area contributed by atoms with Crippen molar-refractivity contribution in [1.82, 2.24) is 10.2 Å². The molecule has 0 saturated carbocycles. The van der Waals surface area contributed by atoms with Crippen molar-refractivity contribution >= 4 is 17.8 Å². The lowest BCUT2D eigenvalue weighted by Gasteiger charge is -2.25. The van der Waals surface area contributed by atoms with Crippen LogP contribution in [0, 0.1) is 11.8 Å². The summed E-state index contributed by atoms with van der Waals surface area (Å²) in [6.45, 7) is 2.37. The summed E-state index contributed by atoms with van der Waals surface area (Å²) in [4.78, 5) is 40.6. The Bertz CT molecular complexity index is 1020. The van der Waals surface area contributed by atoms with Gasteiger partial charge in [-0.2, -0.15) is 0 Å². The van der Waals surface area contributed by atoms with Crippen molar-refractivity contribution in [1.29, 1.82) is 0 Å². The molecule has 0 spiro atoms. The van der Waals surface area contributed by atoms with E-state index in [9.17, 15) is 19.5 Å². The van der Waals surface area contributed by atoms with Crippen LogP contribution in [0.5, 0.6) is 0 Å². The molecule has 1 heterocycles. The van der Waals surface area contributed by atoms with Crippen molar-refractivity contribution in [3.63, 3.8) is 0 Å². The van der Waals surface area contributed by atoms with Crippen LogP contribution in [0.25, 0.3) is 0 Å². The van der Waals surface area contributed by atoms with E-state index in [0.29, 0.717) is 32.2 Å². The molecule has 0 unspecified atom stereocenters. The second kappa shape index (κ2) is 15.0. The molecule has 0 aliphatic carbocycles. The fourth-order valence-corrected chi connectivity index (χ4v) is 4.44. The number of nitrogens with one attached hydrogen (secondary N) is 1. The number of hydrogen-bond acceptors (Lipinski definition) is 5. The predicted molar refractivity (Wildman–Crippen MR) is 142 cm³/mol. The second-order valence-corrected chi connectivity index (χ2v) is 9.59. The average Bonchev–Trinajstić information content (AvgIpc) is 2.91. The molecule has 2 aromatic rings. The SMILES string of the molecule is C[C@H]1CNC(=O)[C@@H](CC(=O)N(CCO)Cc2ccccc2)CC=CCC[C@H](Cc2ccccc2)C(=O)O1. The first-order valence-corrected chi connectivity index (χ1v) is 13.1. The van der Waals surface area contributed by atoms with Gasteiger partial charge >= 0.3 is 5.97 Å². The summed E-state index contributed by atoms with van der Waals surface area (Å²) in [5.41, 5.74) is 2.05. The molecule has 2 aromatic carbocycles. The van der Waals surface area contributed by atoms with Crippen LogP contribution in [0.15, 0.2) is 72.8 Å². The standard InChI is InChI=1S/C30H38N2O5/c1-23-21-31-29(35)26(20-28(34)32(17-18-33)22-25-13-7-3-8-14-25)15-9-4-10-16-27(30(36)37-23)19-24-11-5-2-6-12-24/h2-9,11-14,23,26-27,33H,10,15-22H2,1H3,(H,31,35)/t23-,26+,27+/m0/s1. The third-order valence-electron chi connectivity index (χ3n) is 6.54. The number of esters is 1. The summed E-state index contributed by atoms with van der Waals surface area (Å²) >= 11 is 0. The zero-order valence-corrected chi connectivity index (χ0v) is 21.6. The molecule has 0 radical (unpaired) electrons. The van der Waals surface area contributed by atoms with Gasteiger partial charge < -0.3 is 20.1 Å². The molecule has 1 aliphatic heterocycles. The van der Waals surface area contributed by atoms with Gasteiger partial charge in [0.05, 0.1) is 25.0 Å². The van der Waals surface area contributed by atoms with E-state index in [1.54, 1.807) is 11.8 Å². The first kappa shape index (κ1) is 28.1. The van der Waals surface area contributed by atoms with Gasteiger partial charge in [0.15, 0.2) is 0 Å². The Morgan fingerprint density at radius 2 is 1.68 bits per heavy atom. The smallest absolute Gasteiger partial charge is 0.309 e. The monoisotopic (exact) mass is 506 g/mol. The molecular formula is C30H38N2O5. The Kier molecular flexibility index (Phi) is 11.4. The predicted octanol–water partition coefficient (Wildman–Crippen LogP) is 3.66. The van der Waals surface area contributed by atoms with Gasteiger partial charge in [0.25, 0.3) is 0 Å². The zero-order valence-electron chi connectivity index (χ0n) is 21.6. The van der Waals surface area contributed by atoms with E-state index in [-0.39, 0.29) is 49.8 Å². The number of cyclic esters (lactones) is 1. The highest BCUT2D eigenvalue weighted by Crippen LogP contribution is 2.20. The third kappa shape index (κ3) is 9.50. The van der Waals surface area contributed by atoms with Crippen LogP contribution in [0.1, 0.15) is 43.7 Å². The quantitative estimate of drug-likeness (QED) is 0.421. The van der Waals surface area contributed by atoms with Crippen molar-refractivity contribution in [2.24, 2.45) is 11.8 Å². The lowest BCUT2D eigenvalue weighted by atomic mass is 9.94. The van der Waals surface area contributed by atoms with Gasteiger partial charge in [-0.15, -0.1) is 0 Å². The van der Waals surface area contributed by atoms with Crippen molar-refractivity contribution in [3.8, 4) is 0 Å². The molecule has 2 amide bonds. The number of amides is 2. The van der Waals surface area contributed by atoms with Crippen molar-refractivity contribution in [2.75, 3.05) is 19.7 Å². The first-order chi connectivity index (χ1) is 18.0. The van der Waals surface area contributed by atoms with Crippen LogP contribution in [-0.2, 0) is 32.1 Å². The van der Waals surface area contributed by atoms with Gasteiger partial charge in [-0.25, -0.2) is 0 Å². The Balaban J connectivity index is 1.66. The van der Waals surface area contributed by atoms with Gasteiger partial charge in [0.1, 0.15) is 6.10 Å². The van der Waals surface area contributed by atoms with Gasteiger partial charge in [-0.05, 0) is 43.7 Å². The molecule has 3 rings (SSSR count). The van der Waals surface area contributed by atoms with E-state index < -0.39 is 12.0 Å². The number of aliphatic hydroxyl groups excluding tert-OH is 1. The number of rotatable bonds is 8. The molecule has 3 atom stereocenters. The number of benzene rings is 2. The minimum Gasteiger partial charge on any atom is -0.461 e. The molecule has 2 N–H and O–H groups in total. The number of hydrogen-bond donors (Lipinski definition) is 2. The maximum Gasteiger partial charge on any atom is 0.309 e. The van der Waals surface area contributed by atoms with Crippen LogP contribution in [0.4, 0.5) is 0 Å². The summed E-state index contributed by atoms with van der Waals surface area (Å²) in [6, 6.07) is 19.5. The van der Waals surface area contributed by atoms with E-state index in [1.807, 2.05) is 72.8 Å². The second-order valence-electron chi connectivity index (χ2n) is 9.59. The lowest BCUT2D eigenvalue weighted by molar-refractivity contribution is -0.153. The Morgan fingerprint density at radius 3 is 2.35 bits per heavy atom. The minimum absolute atomic E-state index is 0.0355. The molecule has 7 heteroatoms. The van der Waals surface area contributed by atoms with Crippen LogP contribution >= 0.6 is 0 Å². The van der Waals surface area contributed by atoms with Gasteiger partial charge in [-0.1, -0.05) is 72.8 Å². The molecular weight excluding hydrogens is 468 g/mol. The van der Waals surface area contributed by atoms with Crippen LogP contribution < -0.4 is 5.32 Å². The molecule has 7 nitrogen and oxygen atoms in total. The number of aliphatic hydroxyl groups is 1. The first-order valence-electron chi connectivity index (χ1n) is 13.1. The van der Waals surface area contributed by atoms with Gasteiger partial charge in [-0.3, -0.25) is 14.4 Å². The zero-order chi connectivity index (χ0) is 26.5. The topological polar surface area (TPSA) is 95.9 Å². The Morgan fingerprint density at radius 1 is 1.00 bits per heavy atom. The molecule has 0 bridgehead atoms. The fraction of sp³-hybridized carbons (Fsp3) is 0.433. The number of carbonyl (C=O) groups is 3. The number of ether oxygens (including phenoxy) is 1. The normalized spacial score (nSPS) is 21.1.